The van der Waals surface area contributed by atoms with Crippen LogP contribution < -0.4 is 0 Å². The molecule has 0 saturated carbocycles. The Morgan fingerprint density at radius 3 is 1.36 bits per heavy atom. The lowest BCUT2D eigenvalue weighted by Gasteiger charge is -2.19. The van der Waals surface area contributed by atoms with Gasteiger partial charge in [-0.25, -0.2) is 0 Å². The van der Waals surface area contributed by atoms with E-state index in [9.17, 15) is 15.8 Å². The molecule has 0 aliphatic heterocycles. The maximum Gasteiger partial charge on any atom is 0.102 e. The summed E-state index contributed by atoms with van der Waals surface area (Å²) in [6.45, 7) is 0. The lowest BCUT2D eigenvalue weighted by atomic mass is 9.90. The average molecular weight is 636 g/mol. The molecule has 2 heterocycles. The summed E-state index contributed by atoms with van der Waals surface area (Å²) < 4.78 is 4.41. The summed E-state index contributed by atoms with van der Waals surface area (Å²) in [5.74, 6) is 0. The number of nitrogens with zero attached hydrogens (tertiary/aromatic N) is 5. The lowest BCUT2D eigenvalue weighted by Crippen LogP contribution is -2.01. The molecule has 230 valence electrons. The minimum absolute atomic E-state index is 0.560. The molecule has 0 fully saturated rings. The van der Waals surface area contributed by atoms with Crippen LogP contribution in [-0.2, 0) is 0 Å². The van der Waals surface area contributed by atoms with Crippen molar-refractivity contribution in [2.24, 2.45) is 0 Å². The lowest BCUT2D eigenvalue weighted by molar-refractivity contribution is 1.17. The summed E-state index contributed by atoms with van der Waals surface area (Å²) in [5.41, 5.74) is 11.2. The molecule has 0 atom stereocenters. The van der Waals surface area contributed by atoms with Gasteiger partial charge in [-0.05, 0) is 71.8 Å². The minimum Gasteiger partial charge on any atom is -0.309 e. The molecule has 9 aromatic rings. The van der Waals surface area contributed by atoms with Crippen LogP contribution in [0.15, 0.2) is 152 Å². The van der Waals surface area contributed by atoms with Gasteiger partial charge < -0.3 is 9.13 Å². The van der Waals surface area contributed by atoms with Gasteiger partial charge in [0.2, 0.25) is 0 Å². The molecule has 0 spiro atoms. The standard InChI is InChI=1S/C45H25N5/c46-26-29-20-22-44-37(24-29)38-25-30(27-47)21-23-45(38)50(44)40-16-6-3-12-34(40)32-11-2-1-10-31(32)33-15-9-19-43(39(33)28-48)49-41-17-7-4-13-35(41)36-14-5-8-18-42(36)49/h1-25H. The van der Waals surface area contributed by atoms with Crippen molar-refractivity contribution < 1.29 is 0 Å². The Bertz CT molecular complexity index is 2850. The molecule has 5 nitrogen and oxygen atoms in total. The zero-order valence-corrected chi connectivity index (χ0v) is 26.7. The van der Waals surface area contributed by atoms with E-state index in [-0.39, 0.29) is 0 Å². The highest BCUT2D eigenvalue weighted by molar-refractivity contribution is 6.11. The molecule has 0 amide bonds. The first kappa shape index (κ1) is 28.8. The Kier molecular flexibility index (Phi) is 6.56. The van der Waals surface area contributed by atoms with E-state index in [1.807, 2.05) is 91.0 Å². The van der Waals surface area contributed by atoms with Gasteiger partial charge in [0.25, 0.3) is 0 Å². The summed E-state index contributed by atoms with van der Waals surface area (Å²) in [6, 6.07) is 57.8. The highest BCUT2D eigenvalue weighted by Crippen LogP contribution is 2.42. The van der Waals surface area contributed by atoms with E-state index < -0.39 is 0 Å². The first-order chi connectivity index (χ1) is 24.7. The monoisotopic (exact) mass is 635 g/mol. The Labute approximate surface area is 287 Å². The zero-order valence-electron chi connectivity index (χ0n) is 26.7. The number of nitriles is 3. The van der Waals surface area contributed by atoms with Crippen molar-refractivity contribution in [1.82, 2.24) is 9.13 Å². The zero-order chi connectivity index (χ0) is 33.8. The Morgan fingerprint density at radius 1 is 0.340 bits per heavy atom. The van der Waals surface area contributed by atoms with Gasteiger partial charge in [-0.1, -0.05) is 91.0 Å². The smallest absolute Gasteiger partial charge is 0.102 e. The first-order valence-electron chi connectivity index (χ1n) is 16.3. The van der Waals surface area contributed by atoms with Crippen LogP contribution in [0.1, 0.15) is 16.7 Å². The van der Waals surface area contributed by atoms with Crippen molar-refractivity contribution in [3.05, 3.63) is 168 Å². The molecule has 50 heavy (non-hydrogen) atoms. The molecule has 0 radical (unpaired) electrons. The van der Waals surface area contributed by atoms with Crippen molar-refractivity contribution in [2.45, 2.75) is 0 Å². The van der Waals surface area contributed by atoms with Gasteiger partial charge in [-0.15, -0.1) is 0 Å². The van der Waals surface area contributed by atoms with Crippen molar-refractivity contribution in [1.29, 1.82) is 15.8 Å². The molecular weight excluding hydrogens is 611 g/mol. The average Bonchev–Trinajstić information content (AvgIpc) is 3.69. The van der Waals surface area contributed by atoms with Gasteiger partial charge in [0.15, 0.2) is 0 Å². The third kappa shape index (κ3) is 4.24. The minimum atomic E-state index is 0.560. The molecule has 0 aliphatic rings. The topological polar surface area (TPSA) is 81.2 Å². The van der Waals surface area contributed by atoms with E-state index in [1.54, 1.807) is 0 Å². The van der Waals surface area contributed by atoms with Crippen LogP contribution in [0.5, 0.6) is 0 Å². The highest BCUT2D eigenvalue weighted by Gasteiger charge is 2.21. The number of benzene rings is 7. The van der Waals surface area contributed by atoms with Gasteiger partial charge >= 0.3 is 0 Å². The second-order valence-corrected chi connectivity index (χ2v) is 12.3. The van der Waals surface area contributed by atoms with Crippen molar-refractivity contribution in [3.8, 4) is 51.8 Å². The number of aromatic nitrogens is 2. The molecule has 2 aromatic heterocycles. The third-order valence-electron chi connectivity index (χ3n) is 9.65. The quantitative estimate of drug-likeness (QED) is 0.193. The predicted octanol–water partition coefficient (Wildman–Crippen LogP) is 10.8. The van der Waals surface area contributed by atoms with Crippen LogP contribution >= 0.6 is 0 Å². The fourth-order valence-corrected chi connectivity index (χ4v) is 7.52. The van der Waals surface area contributed by atoms with Gasteiger partial charge in [-0.3, -0.25) is 0 Å². The Morgan fingerprint density at radius 2 is 0.780 bits per heavy atom. The SMILES string of the molecule is N#Cc1ccc2c(c1)c1cc(C#N)ccc1n2-c1ccccc1-c1ccccc1-c1cccc(-n2c3ccccc3c3ccccc32)c1C#N. The molecule has 0 aliphatic carbocycles. The number of hydrogen-bond acceptors (Lipinski definition) is 3. The van der Waals surface area contributed by atoms with Crippen molar-refractivity contribution in [3.63, 3.8) is 0 Å². The summed E-state index contributed by atoms with van der Waals surface area (Å²) in [5, 5.41) is 34.4. The number of hydrogen-bond donors (Lipinski definition) is 0. The number of para-hydroxylation sites is 3. The van der Waals surface area contributed by atoms with Crippen LogP contribution in [0, 0.1) is 34.0 Å². The normalized spacial score (nSPS) is 11.1. The van der Waals surface area contributed by atoms with Gasteiger partial charge in [-0.2, -0.15) is 15.8 Å². The van der Waals surface area contributed by atoms with Crippen LogP contribution in [0.3, 0.4) is 0 Å². The summed E-state index contributed by atoms with van der Waals surface area (Å²) in [4.78, 5) is 0. The van der Waals surface area contributed by atoms with E-state index >= 15 is 0 Å². The maximum absolute atomic E-state index is 10.9. The molecule has 9 rings (SSSR count). The second-order valence-electron chi connectivity index (χ2n) is 12.3. The third-order valence-corrected chi connectivity index (χ3v) is 9.65. The maximum atomic E-state index is 10.9. The van der Waals surface area contributed by atoms with E-state index in [0.717, 1.165) is 77.2 Å². The van der Waals surface area contributed by atoms with E-state index in [0.29, 0.717) is 16.7 Å². The fraction of sp³-hybridized carbons (Fsp3) is 0. The van der Waals surface area contributed by atoms with Crippen LogP contribution in [-0.4, -0.2) is 9.13 Å². The summed E-state index contributed by atoms with van der Waals surface area (Å²) in [6.07, 6.45) is 0. The van der Waals surface area contributed by atoms with Crippen molar-refractivity contribution >= 4 is 43.6 Å². The highest BCUT2D eigenvalue weighted by atomic mass is 15.0. The van der Waals surface area contributed by atoms with Gasteiger partial charge in [0, 0.05) is 32.7 Å². The van der Waals surface area contributed by atoms with Crippen LogP contribution in [0.4, 0.5) is 0 Å². The molecule has 0 unspecified atom stereocenters. The van der Waals surface area contributed by atoms with E-state index in [1.165, 1.54) is 0 Å². The molecule has 0 N–H and O–H groups in total. The van der Waals surface area contributed by atoms with Crippen LogP contribution in [0.25, 0.3) is 77.2 Å². The van der Waals surface area contributed by atoms with Crippen molar-refractivity contribution in [2.75, 3.05) is 0 Å². The summed E-state index contributed by atoms with van der Waals surface area (Å²) >= 11 is 0. The molecule has 7 aromatic carbocycles. The second kappa shape index (κ2) is 11.4. The van der Waals surface area contributed by atoms with E-state index in [4.69, 9.17) is 0 Å². The number of rotatable bonds is 4. The largest absolute Gasteiger partial charge is 0.309 e. The van der Waals surface area contributed by atoms with Gasteiger partial charge in [0.05, 0.1) is 62.3 Å². The molecule has 5 heteroatoms. The Hall–Kier alpha value is -7.39. The predicted molar refractivity (Wildman–Crippen MR) is 200 cm³/mol. The number of fused-ring (bicyclic) bond motifs is 6. The summed E-state index contributed by atoms with van der Waals surface area (Å²) in [7, 11) is 0. The van der Waals surface area contributed by atoms with E-state index in [2.05, 4.69) is 88.0 Å². The first-order valence-corrected chi connectivity index (χ1v) is 16.3. The molecule has 0 bridgehead atoms. The van der Waals surface area contributed by atoms with Crippen LogP contribution in [0.2, 0.25) is 0 Å². The molecule has 0 saturated heterocycles. The fourth-order valence-electron chi connectivity index (χ4n) is 7.52. The molecular formula is C45H25N5. The Balaban J connectivity index is 1.30. The van der Waals surface area contributed by atoms with Gasteiger partial charge in [0.1, 0.15) is 6.07 Å².